The molecule has 0 radical (unpaired) electrons. The zero-order valence-electron chi connectivity index (χ0n) is 12.0. The van der Waals surface area contributed by atoms with Gasteiger partial charge in [0.15, 0.2) is 0 Å². The number of hydrogen-bond acceptors (Lipinski definition) is 3. The van der Waals surface area contributed by atoms with Crippen molar-refractivity contribution in [3.05, 3.63) is 64.7 Å². The highest BCUT2D eigenvalue weighted by molar-refractivity contribution is 6.30. The van der Waals surface area contributed by atoms with E-state index in [1.165, 1.54) is 11.9 Å². The number of aromatic hydroxyl groups is 1. The minimum Gasteiger partial charge on any atom is -0.508 e. The Bertz CT molecular complexity index is 741. The molecule has 3 rings (SSSR count). The summed E-state index contributed by atoms with van der Waals surface area (Å²) in [6.07, 6.45) is 0.616. The minimum atomic E-state index is -0.153. The zero-order chi connectivity index (χ0) is 15.7. The van der Waals surface area contributed by atoms with Gasteiger partial charge in [-0.25, -0.2) is 5.01 Å². The van der Waals surface area contributed by atoms with E-state index < -0.39 is 0 Å². The number of nitrogens with zero attached hydrogens (tertiary/aromatic N) is 2. The fraction of sp³-hybridized carbons (Fsp3) is 0.176. The molecule has 5 heteroatoms. The third-order valence-electron chi connectivity index (χ3n) is 3.67. The highest BCUT2D eigenvalue weighted by Crippen LogP contribution is 2.33. The Balaban J connectivity index is 1.94. The number of hydrogen-bond donors (Lipinski definition) is 1. The molecule has 0 aliphatic carbocycles. The van der Waals surface area contributed by atoms with Crippen molar-refractivity contribution >= 4 is 23.2 Å². The lowest BCUT2D eigenvalue weighted by molar-refractivity contribution is -0.130. The van der Waals surface area contributed by atoms with Crippen LogP contribution in [0.5, 0.6) is 5.75 Å². The van der Waals surface area contributed by atoms with E-state index in [4.69, 9.17) is 11.6 Å². The molecule has 1 atom stereocenters. The summed E-state index contributed by atoms with van der Waals surface area (Å²) in [4.78, 5) is 11.9. The van der Waals surface area contributed by atoms with Crippen LogP contribution in [-0.4, -0.2) is 21.7 Å². The predicted molar refractivity (Wildman–Crippen MR) is 86.0 cm³/mol. The van der Waals surface area contributed by atoms with Crippen LogP contribution in [0.3, 0.4) is 0 Å². The molecule has 2 aromatic carbocycles. The standard InChI is InChI=1S/C17H15ClN2O2/c1-11(21)20-17(13-3-2-4-14(18)9-13)10-16(19-20)12-5-7-15(22)8-6-12/h2-9,17,22H,10H2,1H3. The Morgan fingerprint density at radius 2 is 2.00 bits per heavy atom. The highest BCUT2D eigenvalue weighted by atomic mass is 35.5. The van der Waals surface area contributed by atoms with Crippen molar-refractivity contribution in [2.75, 3.05) is 0 Å². The molecule has 1 N–H and O–H groups in total. The molecule has 1 aliphatic rings. The molecule has 1 heterocycles. The van der Waals surface area contributed by atoms with E-state index in [2.05, 4.69) is 5.10 Å². The lowest BCUT2D eigenvalue weighted by atomic mass is 9.98. The minimum absolute atomic E-state index is 0.112. The third-order valence-corrected chi connectivity index (χ3v) is 3.90. The van der Waals surface area contributed by atoms with E-state index in [9.17, 15) is 9.90 Å². The van der Waals surface area contributed by atoms with Crippen molar-refractivity contribution in [1.82, 2.24) is 5.01 Å². The summed E-state index contributed by atoms with van der Waals surface area (Å²) in [5.74, 6) is 0.0934. The van der Waals surface area contributed by atoms with Crippen molar-refractivity contribution in [1.29, 1.82) is 0 Å². The third kappa shape index (κ3) is 2.83. The van der Waals surface area contributed by atoms with Crippen molar-refractivity contribution in [2.45, 2.75) is 19.4 Å². The number of rotatable bonds is 2. The van der Waals surface area contributed by atoms with Crippen LogP contribution in [-0.2, 0) is 4.79 Å². The molecule has 22 heavy (non-hydrogen) atoms. The van der Waals surface area contributed by atoms with Gasteiger partial charge < -0.3 is 5.11 Å². The van der Waals surface area contributed by atoms with Crippen LogP contribution in [0, 0.1) is 0 Å². The molecule has 0 spiro atoms. The van der Waals surface area contributed by atoms with E-state index in [1.54, 1.807) is 30.3 Å². The number of phenolic OH excluding ortho intramolecular Hbond substituents is 1. The Morgan fingerprint density at radius 3 is 2.64 bits per heavy atom. The normalized spacial score (nSPS) is 17.5. The Hall–Kier alpha value is -2.33. The molecular weight excluding hydrogens is 300 g/mol. The Morgan fingerprint density at radius 1 is 1.27 bits per heavy atom. The maximum Gasteiger partial charge on any atom is 0.240 e. The first-order valence-electron chi connectivity index (χ1n) is 6.97. The van der Waals surface area contributed by atoms with Gasteiger partial charge in [-0.3, -0.25) is 4.79 Å². The smallest absolute Gasteiger partial charge is 0.240 e. The first kappa shape index (κ1) is 14.6. The van der Waals surface area contributed by atoms with Crippen LogP contribution in [0.2, 0.25) is 5.02 Å². The van der Waals surface area contributed by atoms with Gasteiger partial charge in [-0.05, 0) is 47.5 Å². The van der Waals surface area contributed by atoms with Gasteiger partial charge in [0.2, 0.25) is 5.91 Å². The van der Waals surface area contributed by atoms with Crippen LogP contribution in [0.1, 0.15) is 30.5 Å². The number of hydrazone groups is 1. The van der Waals surface area contributed by atoms with E-state index in [0.717, 1.165) is 16.8 Å². The first-order chi connectivity index (χ1) is 10.5. The predicted octanol–water partition coefficient (Wildman–Crippen LogP) is 3.74. The molecule has 112 valence electrons. The monoisotopic (exact) mass is 314 g/mol. The molecular formula is C17H15ClN2O2. The van der Waals surface area contributed by atoms with E-state index >= 15 is 0 Å². The Labute approximate surface area is 133 Å². The lowest BCUT2D eigenvalue weighted by Gasteiger charge is -2.20. The maximum atomic E-state index is 11.9. The molecule has 0 saturated carbocycles. The van der Waals surface area contributed by atoms with Crippen LogP contribution in [0.15, 0.2) is 53.6 Å². The van der Waals surface area contributed by atoms with Gasteiger partial charge in [-0.1, -0.05) is 23.7 Å². The number of carbonyl (C=O) groups is 1. The summed E-state index contributed by atoms with van der Waals surface area (Å²) in [6.45, 7) is 1.50. The number of phenols is 1. The van der Waals surface area contributed by atoms with Crippen LogP contribution in [0.25, 0.3) is 0 Å². The van der Waals surface area contributed by atoms with Crippen molar-refractivity contribution < 1.29 is 9.90 Å². The molecule has 1 amide bonds. The molecule has 0 saturated heterocycles. The van der Waals surface area contributed by atoms with Crippen molar-refractivity contribution in [3.63, 3.8) is 0 Å². The quantitative estimate of drug-likeness (QED) is 0.918. The maximum absolute atomic E-state index is 11.9. The fourth-order valence-corrected chi connectivity index (χ4v) is 2.80. The second-order valence-corrected chi connectivity index (χ2v) is 5.67. The van der Waals surface area contributed by atoms with Crippen LogP contribution < -0.4 is 0 Å². The van der Waals surface area contributed by atoms with Gasteiger partial charge >= 0.3 is 0 Å². The molecule has 4 nitrogen and oxygen atoms in total. The lowest BCUT2D eigenvalue weighted by Crippen LogP contribution is -2.24. The second kappa shape index (κ2) is 5.81. The number of halogens is 1. The molecule has 1 unspecified atom stereocenters. The molecule has 0 aromatic heterocycles. The van der Waals surface area contributed by atoms with E-state index in [1.807, 2.05) is 18.2 Å². The average Bonchev–Trinajstić information content (AvgIpc) is 2.93. The zero-order valence-corrected chi connectivity index (χ0v) is 12.8. The van der Waals surface area contributed by atoms with E-state index in [-0.39, 0.29) is 17.7 Å². The Kier molecular flexibility index (Phi) is 3.86. The summed E-state index contributed by atoms with van der Waals surface area (Å²) in [5.41, 5.74) is 2.67. The van der Waals surface area contributed by atoms with Gasteiger partial charge in [0.1, 0.15) is 5.75 Å². The summed E-state index contributed by atoms with van der Waals surface area (Å²) >= 11 is 6.05. The summed E-state index contributed by atoms with van der Waals surface area (Å²) in [6, 6.07) is 14.2. The number of carbonyl (C=O) groups excluding carboxylic acids is 1. The summed E-state index contributed by atoms with van der Waals surface area (Å²) in [5, 5.41) is 16.0. The first-order valence-corrected chi connectivity index (χ1v) is 7.34. The molecule has 0 bridgehead atoms. The second-order valence-electron chi connectivity index (χ2n) is 5.23. The summed E-state index contributed by atoms with van der Waals surface area (Å²) in [7, 11) is 0. The van der Waals surface area contributed by atoms with Gasteiger partial charge in [-0.15, -0.1) is 0 Å². The molecule has 1 aliphatic heterocycles. The van der Waals surface area contributed by atoms with Crippen LogP contribution in [0.4, 0.5) is 0 Å². The van der Waals surface area contributed by atoms with Gasteiger partial charge in [0.05, 0.1) is 11.8 Å². The SMILES string of the molecule is CC(=O)N1N=C(c2ccc(O)cc2)CC1c1cccc(Cl)c1. The fourth-order valence-electron chi connectivity index (χ4n) is 2.60. The van der Waals surface area contributed by atoms with Gasteiger partial charge in [0, 0.05) is 18.4 Å². The average molecular weight is 315 g/mol. The topological polar surface area (TPSA) is 52.9 Å². The number of benzene rings is 2. The molecule has 0 fully saturated rings. The van der Waals surface area contributed by atoms with Crippen molar-refractivity contribution in [2.24, 2.45) is 5.10 Å². The van der Waals surface area contributed by atoms with Crippen molar-refractivity contribution in [3.8, 4) is 5.75 Å². The van der Waals surface area contributed by atoms with E-state index in [0.29, 0.717) is 11.4 Å². The summed E-state index contributed by atoms with van der Waals surface area (Å²) < 4.78 is 0. The largest absolute Gasteiger partial charge is 0.508 e. The number of amides is 1. The van der Waals surface area contributed by atoms with Gasteiger partial charge in [-0.2, -0.15) is 5.10 Å². The molecule has 2 aromatic rings. The van der Waals surface area contributed by atoms with Gasteiger partial charge in [0.25, 0.3) is 0 Å². The van der Waals surface area contributed by atoms with Crippen LogP contribution >= 0.6 is 11.6 Å². The highest BCUT2D eigenvalue weighted by Gasteiger charge is 2.31.